The molecule has 0 aromatic heterocycles. The van der Waals surface area contributed by atoms with Gasteiger partial charge in [-0.3, -0.25) is 0 Å². The van der Waals surface area contributed by atoms with Crippen LogP contribution in [0.2, 0.25) is 0 Å². The average molecular weight is 192 g/mol. The molecule has 1 aromatic carbocycles. The van der Waals surface area contributed by atoms with Crippen molar-refractivity contribution in [3.63, 3.8) is 0 Å². The summed E-state index contributed by atoms with van der Waals surface area (Å²) < 4.78 is 5.44. The molecule has 0 amide bonds. The third-order valence-electron chi connectivity index (χ3n) is 2.01. The Hall–Kier alpha value is -1.12. The Morgan fingerprint density at radius 3 is 2.64 bits per heavy atom. The number of aliphatic hydroxyl groups is 1. The molecule has 0 radical (unpaired) electrons. The Morgan fingerprint density at radius 1 is 1.36 bits per heavy atom. The molecule has 0 heterocycles. The van der Waals surface area contributed by atoms with Crippen molar-refractivity contribution in [3.8, 4) is 0 Å². The van der Waals surface area contributed by atoms with Crippen LogP contribution in [0.5, 0.6) is 0 Å². The summed E-state index contributed by atoms with van der Waals surface area (Å²) in [6.45, 7) is 3.07. The van der Waals surface area contributed by atoms with Gasteiger partial charge in [-0.2, -0.15) is 0 Å². The highest BCUT2D eigenvalue weighted by atomic mass is 16.5. The first kappa shape index (κ1) is 11.0. The van der Waals surface area contributed by atoms with Crippen molar-refractivity contribution >= 4 is 0 Å². The molecule has 0 saturated carbocycles. The van der Waals surface area contributed by atoms with Crippen LogP contribution >= 0.6 is 0 Å². The molecule has 14 heavy (non-hydrogen) atoms. The summed E-state index contributed by atoms with van der Waals surface area (Å²) in [5, 5.41) is 8.87. The lowest BCUT2D eigenvalue weighted by Crippen LogP contribution is -2.01. The van der Waals surface area contributed by atoms with E-state index in [9.17, 15) is 0 Å². The number of ether oxygens (including phenoxy) is 1. The summed E-state index contributed by atoms with van der Waals surface area (Å²) in [6.07, 6.45) is 1.88. The van der Waals surface area contributed by atoms with Crippen molar-refractivity contribution < 1.29 is 9.84 Å². The highest BCUT2D eigenvalue weighted by molar-refractivity contribution is 5.13. The summed E-state index contributed by atoms with van der Waals surface area (Å²) in [5.41, 5.74) is 2.07. The normalized spacial score (nSPS) is 11.7. The predicted octanol–water partition coefficient (Wildman–Crippen LogP) is 2.14. The fourth-order valence-corrected chi connectivity index (χ4v) is 1.09. The van der Waals surface area contributed by atoms with Gasteiger partial charge < -0.3 is 9.84 Å². The van der Waals surface area contributed by atoms with Crippen LogP contribution in [0.4, 0.5) is 0 Å². The third-order valence-corrected chi connectivity index (χ3v) is 2.01. The molecule has 0 atom stereocenters. The number of allylic oxidation sites excluding steroid dienone is 1. The highest BCUT2D eigenvalue weighted by Gasteiger charge is 1.95. The average Bonchev–Trinajstić information content (AvgIpc) is 2.26. The second-order valence-corrected chi connectivity index (χ2v) is 3.08. The minimum atomic E-state index is 0.0747. The molecule has 0 fully saturated rings. The SMILES string of the molecule is C/C=C(/CO)COCc1ccccc1. The second kappa shape index (κ2) is 6.35. The monoisotopic (exact) mass is 192 g/mol. The lowest BCUT2D eigenvalue weighted by molar-refractivity contribution is 0.134. The molecule has 0 bridgehead atoms. The molecule has 2 heteroatoms. The zero-order valence-corrected chi connectivity index (χ0v) is 8.44. The number of benzene rings is 1. The van der Waals surface area contributed by atoms with Gasteiger partial charge in [0.2, 0.25) is 0 Å². The van der Waals surface area contributed by atoms with Crippen molar-refractivity contribution in [2.24, 2.45) is 0 Å². The largest absolute Gasteiger partial charge is 0.392 e. The first-order valence-corrected chi connectivity index (χ1v) is 4.73. The molecule has 0 unspecified atom stereocenters. The first-order valence-electron chi connectivity index (χ1n) is 4.73. The van der Waals surface area contributed by atoms with Crippen LogP contribution in [0.1, 0.15) is 12.5 Å². The van der Waals surface area contributed by atoms with Crippen molar-refractivity contribution in [1.82, 2.24) is 0 Å². The fraction of sp³-hybridized carbons (Fsp3) is 0.333. The van der Waals surface area contributed by atoms with Crippen molar-refractivity contribution in [2.75, 3.05) is 13.2 Å². The highest BCUT2D eigenvalue weighted by Crippen LogP contribution is 2.02. The predicted molar refractivity (Wildman–Crippen MR) is 56.9 cm³/mol. The molecular weight excluding hydrogens is 176 g/mol. The van der Waals surface area contributed by atoms with E-state index in [1.54, 1.807) is 0 Å². The summed E-state index contributed by atoms with van der Waals surface area (Å²) >= 11 is 0. The third kappa shape index (κ3) is 3.73. The summed E-state index contributed by atoms with van der Waals surface area (Å²) in [7, 11) is 0. The van der Waals surface area contributed by atoms with Gasteiger partial charge in [-0.15, -0.1) is 0 Å². The topological polar surface area (TPSA) is 29.5 Å². The van der Waals surface area contributed by atoms with Crippen LogP contribution in [0, 0.1) is 0 Å². The van der Waals surface area contributed by atoms with Crippen molar-refractivity contribution in [3.05, 3.63) is 47.5 Å². The lowest BCUT2D eigenvalue weighted by Gasteiger charge is -2.05. The van der Waals surface area contributed by atoms with E-state index in [2.05, 4.69) is 0 Å². The Balaban J connectivity index is 2.29. The van der Waals surface area contributed by atoms with Gasteiger partial charge in [0.1, 0.15) is 0 Å². The van der Waals surface area contributed by atoms with Crippen molar-refractivity contribution in [2.45, 2.75) is 13.5 Å². The molecule has 76 valence electrons. The Labute approximate surface area is 84.8 Å². The van der Waals surface area contributed by atoms with Gasteiger partial charge in [-0.05, 0) is 18.1 Å². The molecule has 0 aliphatic carbocycles. The number of rotatable bonds is 5. The zero-order chi connectivity index (χ0) is 10.2. The maximum absolute atomic E-state index is 8.87. The van der Waals surface area contributed by atoms with Gasteiger partial charge in [-0.25, -0.2) is 0 Å². The number of aliphatic hydroxyl groups excluding tert-OH is 1. The summed E-state index contributed by atoms with van der Waals surface area (Å²) in [6, 6.07) is 10.00. The number of hydrogen-bond donors (Lipinski definition) is 1. The van der Waals surface area contributed by atoms with E-state index < -0.39 is 0 Å². The van der Waals surface area contributed by atoms with Crippen LogP contribution in [-0.4, -0.2) is 18.3 Å². The molecule has 0 saturated heterocycles. The van der Waals surface area contributed by atoms with E-state index >= 15 is 0 Å². The molecule has 0 aliphatic rings. The van der Waals surface area contributed by atoms with E-state index in [4.69, 9.17) is 9.84 Å². The van der Waals surface area contributed by atoms with Crippen LogP contribution in [0.15, 0.2) is 42.0 Å². The molecule has 2 nitrogen and oxygen atoms in total. The molecule has 0 aliphatic heterocycles. The quantitative estimate of drug-likeness (QED) is 0.724. The van der Waals surface area contributed by atoms with Gasteiger partial charge in [-0.1, -0.05) is 36.4 Å². The van der Waals surface area contributed by atoms with Gasteiger partial charge >= 0.3 is 0 Å². The maximum atomic E-state index is 8.87. The molecular formula is C12H16O2. The zero-order valence-electron chi connectivity index (χ0n) is 8.44. The van der Waals surface area contributed by atoms with Gasteiger partial charge in [0.25, 0.3) is 0 Å². The van der Waals surface area contributed by atoms with E-state index in [0.29, 0.717) is 13.2 Å². The van der Waals surface area contributed by atoms with Gasteiger partial charge in [0, 0.05) is 0 Å². The van der Waals surface area contributed by atoms with Gasteiger partial charge in [0.15, 0.2) is 0 Å². The Morgan fingerprint density at radius 2 is 2.07 bits per heavy atom. The van der Waals surface area contributed by atoms with Gasteiger partial charge in [0.05, 0.1) is 19.8 Å². The number of hydrogen-bond acceptors (Lipinski definition) is 2. The lowest BCUT2D eigenvalue weighted by atomic mass is 10.2. The maximum Gasteiger partial charge on any atom is 0.0721 e. The first-order chi connectivity index (χ1) is 6.86. The second-order valence-electron chi connectivity index (χ2n) is 3.08. The van der Waals surface area contributed by atoms with Crippen LogP contribution < -0.4 is 0 Å². The standard InChI is InChI=1S/C12H16O2/c1-2-11(8-13)9-14-10-12-6-4-3-5-7-12/h2-7,13H,8-10H2,1H3/b11-2-. The van der Waals surface area contributed by atoms with Crippen LogP contribution in [0.3, 0.4) is 0 Å². The van der Waals surface area contributed by atoms with Crippen molar-refractivity contribution in [1.29, 1.82) is 0 Å². The summed E-state index contributed by atoms with van der Waals surface area (Å²) in [5.74, 6) is 0. The van der Waals surface area contributed by atoms with E-state index in [0.717, 1.165) is 11.1 Å². The molecule has 0 spiro atoms. The minimum Gasteiger partial charge on any atom is -0.392 e. The Kier molecular flexibility index (Phi) is 4.97. The molecule has 1 rings (SSSR count). The molecule has 1 N–H and O–H groups in total. The molecule has 1 aromatic rings. The summed E-state index contributed by atoms with van der Waals surface area (Å²) in [4.78, 5) is 0. The minimum absolute atomic E-state index is 0.0747. The Bertz CT molecular complexity index is 278. The van der Waals surface area contributed by atoms with E-state index in [-0.39, 0.29) is 6.61 Å². The van der Waals surface area contributed by atoms with E-state index in [1.807, 2.05) is 43.3 Å². The van der Waals surface area contributed by atoms with Crippen LogP contribution in [0.25, 0.3) is 0 Å². The smallest absolute Gasteiger partial charge is 0.0721 e. The fourth-order valence-electron chi connectivity index (χ4n) is 1.09. The van der Waals surface area contributed by atoms with Crippen LogP contribution in [-0.2, 0) is 11.3 Å². The van der Waals surface area contributed by atoms with E-state index in [1.165, 1.54) is 0 Å².